The van der Waals surface area contributed by atoms with Gasteiger partial charge in [-0.15, -0.1) is 0 Å². The molecule has 4 aliphatic carbocycles. The van der Waals surface area contributed by atoms with Gasteiger partial charge in [-0.1, -0.05) is 27.4 Å². The van der Waals surface area contributed by atoms with Gasteiger partial charge in [-0.2, -0.15) is 0 Å². The number of carbonyl (C=O) groups excluding carboxylic acids is 2. The maximum Gasteiger partial charge on any atom is 0.303 e. The van der Waals surface area contributed by atoms with Crippen LogP contribution < -0.4 is 0 Å². The summed E-state index contributed by atoms with van der Waals surface area (Å²) in [6, 6.07) is 0. The van der Waals surface area contributed by atoms with Crippen LogP contribution in [0.15, 0.2) is 12.2 Å². The lowest BCUT2D eigenvalue weighted by Gasteiger charge is -2.68. The fourth-order valence-electron chi connectivity index (χ4n) is 8.52. The van der Waals surface area contributed by atoms with E-state index in [9.17, 15) is 24.9 Å². The summed E-state index contributed by atoms with van der Waals surface area (Å²) in [5.41, 5.74) is -1.51. The molecule has 2 bridgehead atoms. The van der Waals surface area contributed by atoms with Gasteiger partial charge in [-0.25, -0.2) is 0 Å². The van der Waals surface area contributed by atoms with E-state index in [-0.39, 0.29) is 17.8 Å². The fraction of sp³-hybridized carbons (Fsp3) is 0.833. The third-order valence-electron chi connectivity index (χ3n) is 9.25. The topological polar surface area (TPSA) is 113 Å². The van der Waals surface area contributed by atoms with E-state index >= 15 is 0 Å². The molecule has 7 heteroatoms. The Balaban J connectivity index is 1.89. The third-order valence-corrected chi connectivity index (χ3v) is 9.25. The molecule has 0 saturated heterocycles. The Labute approximate surface area is 183 Å². The van der Waals surface area contributed by atoms with Gasteiger partial charge in [0.2, 0.25) is 0 Å². The number of fused-ring (bicyclic) bond motifs is 3. The number of esters is 2. The molecular formula is C24H36O7. The Morgan fingerprint density at radius 2 is 1.65 bits per heavy atom. The van der Waals surface area contributed by atoms with Gasteiger partial charge in [-0.3, -0.25) is 9.59 Å². The molecule has 0 radical (unpaired) electrons. The summed E-state index contributed by atoms with van der Waals surface area (Å²) in [5, 5.41) is 34.5. The molecule has 4 rings (SSSR count). The van der Waals surface area contributed by atoms with Crippen LogP contribution >= 0.6 is 0 Å². The van der Waals surface area contributed by atoms with Crippen LogP contribution in [0.25, 0.3) is 0 Å². The second kappa shape index (κ2) is 7.03. The molecule has 1 spiro atoms. The minimum absolute atomic E-state index is 0.0722. The average Bonchev–Trinajstić information content (AvgIpc) is 2.82. The van der Waals surface area contributed by atoms with E-state index in [1.165, 1.54) is 13.8 Å². The summed E-state index contributed by atoms with van der Waals surface area (Å²) >= 11 is 0. The van der Waals surface area contributed by atoms with Gasteiger partial charge in [0.15, 0.2) is 0 Å². The summed E-state index contributed by atoms with van der Waals surface area (Å²) < 4.78 is 11.4. The number of carbonyl (C=O) groups is 2. The zero-order chi connectivity index (χ0) is 23.1. The molecule has 4 saturated carbocycles. The molecule has 0 aromatic carbocycles. The van der Waals surface area contributed by atoms with Crippen molar-refractivity contribution in [2.75, 3.05) is 0 Å². The standard InChI is InChI=1S/C24H36O7/c1-11-14-9-15(27)18-23(6)8-7-16(30-12(2)25)22(4,5)19(23)17(28)21(31-13(3)26)24(18,10-14)20(11)29/h14-21,27-29H,1,7-10H2,2-6H3. The summed E-state index contributed by atoms with van der Waals surface area (Å²) in [6.07, 6.45) is -1.89. The highest BCUT2D eigenvalue weighted by Crippen LogP contribution is 2.72. The number of hydrogen-bond acceptors (Lipinski definition) is 7. The first kappa shape index (κ1) is 22.7. The molecular weight excluding hydrogens is 400 g/mol. The van der Waals surface area contributed by atoms with Crippen molar-refractivity contribution < 1.29 is 34.4 Å². The van der Waals surface area contributed by atoms with Crippen molar-refractivity contribution in [2.24, 2.45) is 34.0 Å². The summed E-state index contributed by atoms with van der Waals surface area (Å²) in [6.45, 7) is 12.8. The maximum absolute atomic E-state index is 12.1. The number of aliphatic hydroxyl groups excluding tert-OH is 3. The monoisotopic (exact) mass is 436 g/mol. The lowest BCUT2D eigenvalue weighted by Crippen LogP contribution is -2.74. The lowest BCUT2D eigenvalue weighted by molar-refractivity contribution is -0.301. The van der Waals surface area contributed by atoms with Crippen LogP contribution in [0.4, 0.5) is 0 Å². The summed E-state index contributed by atoms with van der Waals surface area (Å²) in [7, 11) is 0. The molecule has 174 valence electrons. The molecule has 7 nitrogen and oxygen atoms in total. The van der Waals surface area contributed by atoms with E-state index < -0.39 is 58.7 Å². The predicted molar refractivity (Wildman–Crippen MR) is 112 cm³/mol. The van der Waals surface area contributed by atoms with Gasteiger partial charge in [0.05, 0.1) is 18.3 Å². The van der Waals surface area contributed by atoms with Crippen molar-refractivity contribution >= 4 is 11.9 Å². The van der Waals surface area contributed by atoms with Gasteiger partial charge in [0.1, 0.15) is 12.2 Å². The van der Waals surface area contributed by atoms with Crippen molar-refractivity contribution in [3.8, 4) is 0 Å². The Morgan fingerprint density at radius 1 is 1.03 bits per heavy atom. The van der Waals surface area contributed by atoms with Crippen LogP contribution in [0.1, 0.15) is 60.3 Å². The molecule has 0 amide bonds. The first-order valence-electron chi connectivity index (χ1n) is 11.4. The second-order valence-corrected chi connectivity index (χ2v) is 11.2. The first-order valence-corrected chi connectivity index (χ1v) is 11.4. The van der Waals surface area contributed by atoms with Gasteiger partial charge in [0, 0.05) is 36.5 Å². The maximum atomic E-state index is 12.1. The minimum Gasteiger partial charge on any atom is -0.462 e. The van der Waals surface area contributed by atoms with Gasteiger partial charge in [0.25, 0.3) is 0 Å². The minimum atomic E-state index is -1.08. The Morgan fingerprint density at radius 3 is 2.23 bits per heavy atom. The molecule has 10 unspecified atom stereocenters. The Hall–Kier alpha value is -1.44. The van der Waals surface area contributed by atoms with Gasteiger partial charge in [-0.05, 0) is 42.6 Å². The van der Waals surface area contributed by atoms with Crippen molar-refractivity contribution in [2.45, 2.75) is 90.8 Å². The lowest BCUT2D eigenvalue weighted by atomic mass is 9.38. The van der Waals surface area contributed by atoms with E-state index in [4.69, 9.17) is 9.47 Å². The molecule has 31 heavy (non-hydrogen) atoms. The molecule has 4 fully saturated rings. The quantitative estimate of drug-likeness (QED) is 0.448. The number of rotatable bonds is 2. The fourth-order valence-corrected chi connectivity index (χ4v) is 8.52. The highest BCUT2D eigenvalue weighted by Gasteiger charge is 2.76. The molecule has 3 N–H and O–H groups in total. The second-order valence-electron chi connectivity index (χ2n) is 11.2. The Kier molecular flexibility index (Phi) is 5.16. The van der Waals surface area contributed by atoms with E-state index in [0.717, 1.165) is 0 Å². The summed E-state index contributed by atoms with van der Waals surface area (Å²) in [4.78, 5) is 23.9. The van der Waals surface area contributed by atoms with Crippen molar-refractivity contribution in [3.63, 3.8) is 0 Å². The number of ether oxygens (including phenoxy) is 2. The van der Waals surface area contributed by atoms with Crippen LogP contribution in [-0.2, 0) is 19.1 Å². The zero-order valence-corrected chi connectivity index (χ0v) is 19.1. The predicted octanol–water partition coefficient (Wildman–Crippen LogP) is 1.97. The van der Waals surface area contributed by atoms with E-state index in [0.29, 0.717) is 31.3 Å². The van der Waals surface area contributed by atoms with Gasteiger partial charge >= 0.3 is 11.9 Å². The van der Waals surface area contributed by atoms with Crippen LogP contribution in [0.2, 0.25) is 0 Å². The largest absolute Gasteiger partial charge is 0.462 e. The highest BCUT2D eigenvalue weighted by molar-refractivity contribution is 5.67. The van der Waals surface area contributed by atoms with Gasteiger partial charge < -0.3 is 24.8 Å². The van der Waals surface area contributed by atoms with E-state index in [2.05, 4.69) is 13.5 Å². The molecule has 4 aliphatic rings. The average molecular weight is 437 g/mol. The number of hydrogen-bond donors (Lipinski definition) is 3. The van der Waals surface area contributed by atoms with Crippen molar-refractivity contribution in [3.05, 3.63) is 12.2 Å². The number of aliphatic hydroxyl groups is 3. The molecule has 10 atom stereocenters. The van der Waals surface area contributed by atoms with E-state index in [1.807, 2.05) is 13.8 Å². The van der Waals surface area contributed by atoms with Crippen molar-refractivity contribution in [1.82, 2.24) is 0 Å². The molecule has 0 aromatic heterocycles. The first-order chi connectivity index (χ1) is 14.3. The third kappa shape index (κ3) is 2.89. The summed E-state index contributed by atoms with van der Waals surface area (Å²) in [5.74, 6) is -1.78. The van der Waals surface area contributed by atoms with Crippen molar-refractivity contribution in [1.29, 1.82) is 0 Å². The normalized spacial score (nSPS) is 50.3. The zero-order valence-electron chi connectivity index (χ0n) is 19.1. The molecule has 0 heterocycles. The molecule has 0 aliphatic heterocycles. The SMILES string of the molecule is C=C1C2CC(O)C3C4(C)CCC(OC(C)=O)C(C)(C)C4C(O)C(OC(C)=O)C3(C2)C1O. The van der Waals surface area contributed by atoms with Crippen LogP contribution in [0, 0.1) is 34.0 Å². The molecule has 0 aromatic rings. The van der Waals surface area contributed by atoms with E-state index in [1.54, 1.807) is 0 Å². The van der Waals surface area contributed by atoms with Crippen LogP contribution in [0.3, 0.4) is 0 Å². The van der Waals surface area contributed by atoms with Crippen LogP contribution in [-0.4, -0.2) is 57.8 Å². The smallest absolute Gasteiger partial charge is 0.303 e. The Bertz CT molecular complexity index is 806. The van der Waals surface area contributed by atoms with Crippen LogP contribution in [0.5, 0.6) is 0 Å². The highest BCUT2D eigenvalue weighted by atomic mass is 16.6.